The number of pyridine rings is 2. The fourth-order valence-corrected chi connectivity index (χ4v) is 12.6. The summed E-state index contributed by atoms with van der Waals surface area (Å²) >= 11 is 17.0. The van der Waals surface area contributed by atoms with Gasteiger partial charge in [-0.2, -0.15) is 0 Å². The lowest BCUT2D eigenvalue weighted by Crippen LogP contribution is -2.61. The Kier molecular flexibility index (Phi) is 30.6. The highest BCUT2D eigenvalue weighted by Crippen LogP contribution is 2.32. The van der Waals surface area contributed by atoms with Crippen molar-refractivity contribution in [3.63, 3.8) is 0 Å². The molecular weight excluding hydrogens is 1520 g/mol. The second kappa shape index (κ2) is 38.5. The molecule has 5 heterocycles. The number of fused-ring (bicyclic) bond motifs is 5. The fourth-order valence-electron chi connectivity index (χ4n) is 12.5. The van der Waals surface area contributed by atoms with Crippen molar-refractivity contribution >= 4 is 139 Å². The van der Waals surface area contributed by atoms with Crippen LogP contribution >= 0.6 is 34.8 Å². The van der Waals surface area contributed by atoms with E-state index in [1.807, 2.05) is 90.1 Å². The van der Waals surface area contributed by atoms with Gasteiger partial charge >= 0.3 is 23.9 Å². The van der Waals surface area contributed by atoms with Crippen LogP contribution in [-0.2, 0) is 52.6 Å². The molecule has 5 bridgehead atoms. The molecular formula is C81H99Cl3N12O17. The summed E-state index contributed by atoms with van der Waals surface area (Å²) in [5.74, 6) is -6.23. The number of cyclic esters (lactones) is 1. The van der Waals surface area contributed by atoms with Crippen LogP contribution in [0.3, 0.4) is 0 Å². The maximum atomic E-state index is 13.5. The van der Waals surface area contributed by atoms with E-state index in [1.54, 1.807) is 54.5 Å². The number of aryl methyl sites for hydroxylation is 4. The molecule has 2 aromatic heterocycles. The van der Waals surface area contributed by atoms with Crippen molar-refractivity contribution in [3.05, 3.63) is 173 Å². The second-order valence-electron chi connectivity index (χ2n) is 30.5. The summed E-state index contributed by atoms with van der Waals surface area (Å²) < 4.78 is 13.7. The molecule has 3 aliphatic heterocycles. The number of alkyl halides is 3. The van der Waals surface area contributed by atoms with Crippen molar-refractivity contribution in [2.24, 2.45) is 22.7 Å². The van der Waals surface area contributed by atoms with E-state index in [4.69, 9.17) is 54.2 Å². The van der Waals surface area contributed by atoms with E-state index in [2.05, 4.69) is 68.9 Å². The number of halogens is 3. The van der Waals surface area contributed by atoms with E-state index in [9.17, 15) is 68.2 Å². The molecule has 4 aromatic carbocycles. The number of ether oxygens (including phenoxy) is 3. The van der Waals surface area contributed by atoms with E-state index < -0.39 is 126 Å². The zero-order valence-electron chi connectivity index (χ0n) is 66.4. The molecule has 606 valence electrons. The smallest absolute Gasteiger partial charge is 0.353 e. The van der Waals surface area contributed by atoms with Crippen molar-refractivity contribution in [3.8, 4) is 0 Å². The van der Waals surface area contributed by atoms with Crippen molar-refractivity contribution in [1.29, 1.82) is 0 Å². The van der Waals surface area contributed by atoms with Gasteiger partial charge in [0.05, 0.1) is 37.4 Å². The van der Waals surface area contributed by atoms with Gasteiger partial charge in [-0.25, -0.2) is 25.4 Å². The third-order valence-corrected chi connectivity index (χ3v) is 19.6. The number of esters is 4. The molecule has 6 N–H and O–H groups in total. The number of aromatic nitrogens is 2. The van der Waals surface area contributed by atoms with Crippen LogP contribution in [0.2, 0.25) is 0 Å². The molecule has 32 heteroatoms. The van der Waals surface area contributed by atoms with E-state index in [0.29, 0.717) is 50.4 Å². The second-order valence-corrected chi connectivity index (χ2v) is 33.0. The van der Waals surface area contributed by atoms with Gasteiger partial charge in [0, 0.05) is 41.7 Å². The minimum absolute atomic E-state index is 0.222. The number of amides is 6. The first kappa shape index (κ1) is 89.9. The van der Waals surface area contributed by atoms with Crippen LogP contribution in [0.5, 0.6) is 0 Å². The van der Waals surface area contributed by atoms with Gasteiger partial charge in [0.25, 0.3) is 23.2 Å². The van der Waals surface area contributed by atoms with Crippen molar-refractivity contribution in [2.75, 3.05) is 19.7 Å². The molecule has 0 saturated carbocycles. The molecule has 9 rings (SSSR count). The number of hydrazine groups is 2. The Hall–Kier alpha value is -10.3. The maximum absolute atomic E-state index is 13.5. The van der Waals surface area contributed by atoms with Gasteiger partial charge in [-0.05, 0) is 177 Å². The molecule has 6 amide bonds. The molecule has 0 radical (unpaired) electrons. The highest BCUT2D eigenvalue weighted by atomic mass is 35.6. The van der Waals surface area contributed by atoms with Crippen LogP contribution in [-0.4, -0.2) is 149 Å². The monoisotopic (exact) mass is 1620 g/mol. The number of nitro groups is 2. The van der Waals surface area contributed by atoms with Crippen molar-refractivity contribution in [2.45, 2.75) is 195 Å². The number of carbonyl (C=O) groups excluding carboxylic acids is 10. The Morgan fingerprint density at radius 2 is 1.32 bits per heavy atom. The minimum Gasteiger partial charge on any atom is -0.460 e. The van der Waals surface area contributed by atoms with Gasteiger partial charge in [-0.3, -0.25) is 73.6 Å². The number of nitrogens with one attached hydrogen (secondary N) is 6. The van der Waals surface area contributed by atoms with Gasteiger partial charge in [0.2, 0.25) is 27.4 Å². The summed E-state index contributed by atoms with van der Waals surface area (Å²) in [7, 11) is 0. The summed E-state index contributed by atoms with van der Waals surface area (Å²) in [5, 5.41) is 38.0. The first-order valence-electron chi connectivity index (χ1n) is 37.1. The molecule has 113 heavy (non-hydrogen) atoms. The number of carbonyl (C=O) groups is 10. The zero-order chi connectivity index (χ0) is 84.0. The zero-order valence-corrected chi connectivity index (χ0v) is 68.6. The molecule has 2 saturated heterocycles. The van der Waals surface area contributed by atoms with E-state index in [-0.39, 0.29) is 51.8 Å². The average molecular weight is 1620 g/mol. The van der Waals surface area contributed by atoms with E-state index in [0.717, 1.165) is 61.9 Å². The number of benzene rings is 4. The quantitative estimate of drug-likeness (QED) is 0.0131. The molecule has 1 unspecified atom stereocenters. The summed E-state index contributed by atoms with van der Waals surface area (Å²) in [6, 6.07) is 18.8. The normalized spacial score (nSPS) is 18.9. The molecule has 7 atom stereocenters. The van der Waals surface area contributed by atoms with Gasteiger partial charge < -0.3 is 35.5 Å². The predicted octanol–water partition coefficient (Wildman–Crippen LogP) is 12.2. The number of nitrogens with zero attached hydrogens (tertiary/aromatic N) is 6. The van der Waals surface area contributed by atoms with Gasteiger partial charge in [-0.1, -0.05) is 149 Å². The summed E-state index contributed by atoms with van der Waals surface area (Å²) in [6.07, 6.45) is 8.82. The topological polar surface area (TPSA) is 389 Å². The van der Waals surface area contributed by atoms with Gasteiger partial charge in [0.1, 0.15) is 60.1 Å². The Morgan fingerprint density at radius 1 is 0.735 bits per heavy atom. The van der Waals surface area contributed by atoms with E-state index >= 15 is 0 Å². The Labute approximate surface area is 671 Å². The summed E-state index contributed by atoms with van der Waals surface area (Å²) in [5.41, 5.74) is 9.79. The number of rotatable bonds is 16. The Bertz CT molecular complexity index is 4640. The maximum Gasteiger partial charge on any atom is 0.353 e. The molecule has 2 fully saturated rings. The third kappa shape index (κ3) is 23.9. The SMILES string of the molecule is Cc1cc(/C=C/C(C)(C)C(=O)N[C@H](C(=O)N[C@@H](C)C(=O)N2CCC[C@@H](C(=O)OCC(Cl)(Cl)Cl)N2)C(C)C)cc2nc(C(C)C)ccc12.Cc1cc2cc3nc(ccc13)[C@@H](C)OC(=O)C1CCCN(N1)C(=O)[C@H](C)NC(=O)[C@H](C(C)C)NC(=O)C(C)(C)C=C2.Cc1cccc([N+](=O)[O-])c1C(=O)OC(=O)c1c(C)cccc1[N+](=O)[O-]. The third-order valence-electron chi connectivity index (χ3n) is 19.2. The lowest BCUT2D eigenvalue weighted by atomic mass is 9.89. The molecule has 0 spiro atoms. The molecule has 29 nitrogen and oxygen atoms in total. The largest absolute Gasteiger partial charge is 0.460 e. The Morgan fingerprint density at radius 3 is 1.89 bits per heavy atom. The molecule has 3 aliphatic rings. The highest BCUT2D eigenvalue weighted by molar-refractivity contribution is 6.67. The van der Waals surface area contributed by atoms with Gasteiger partial charge in [-0.15, -0.1) is 0 Å². The number of hydrogen-bond donors (Lipinski definition) is 6. The van der Waals surface area contributed by atoms with Crippen molar-refractivity contribution < 1.29 is 72.0 Å². The van der Waals surface area contributed by atoms with Crippen LogP contribution in [0.25, 0.3) is 34.0 Å². The lowest BCUT2D eigenvalue weighted by molar-refractivity contribution is -0.385. The average Bonchev–Trinajstić information content (AvgIpc) is 1.19. The molecule has 0 aliphatic carbocycles. The predicted molar refractivity (Wildman–Crippen MR) is 428 cm³/mol. The van der Waals surface area contributed by atoms with Crippen LogP contribution in [0.15, 0.2) is 97.1 Å². The van der Waals surface area contributed by atoms with Gasteiger partial charge in [0.15, 0.2) is 0 Å². The minimum atomic E-state index is -1.75. The van der Waals surface area contributed by atoms with Crippen LogP contribution in [0.4, 0.5) is 11.4 Å². The lowest BCUT2D eigenvalue weighted by Gasteiger charge is -2.35. The Balaban J connectivity index is 0.000000245. The van der Waals surface area contributed by atoms with Crippen molar-refractivity contribution in [1.82, 2.24) is 52.1 Å². The highest BCUT2D eigenvalue weighted by Gasteiger charge is 2.39. The van der Waals surface area contributed by atoms with E-state index in [1.165, 1.54) is 48.1 Å². The summed E-state index contributed by atoms with van der Waals surface area (Å²) in [6.45, 7) is 30.8. The van der Waals surface area contributed by atoms with Crippen LogP contribution in [0, 0.1) is 70.6 Å². The number of nitro benzene ring substituents is 2. The summed E-state index contributed by atoms with van der Waals surface area (Å²) in [4.78, 5) is 160. The van der Waals surface area contributed by atoms with Crippen LogP contribution < -0.4 is 32.1 Å². The first-order chi connectivity index (χ1) is 52.8. The first-order valence-corrected chi connectivity index (χ1v) is 38.2. The molecule has 6 aromatic rings. The standard InChI is InChI=1S/C34H46Cl3N5O5.C31H41N5O5.C16H12N2O7/c1-19(2)25-12-11-24-21(5)16-23(17-27(24)39-25)13-14-33(7,8)32(46)40-28(20(3)4)29(43)38-22(6)30(44)42-15-9-10-26(41-42)31(45)47-18-34(35,36)37;1-17(2)26-27(37)32-19(4)28(38)36-14-8-9-24(35-36)29(39)41-20(5)23-11-10-22-18(3)15-21(16-25(22)33-23)12-13-31(6,7)30(40)34-26;1-9-5-3-7-11(17(21)22)13(9)15(19)25-16(20)14-10(2)6-4-8-12(14)18(23)24/h11-14,16-17,19-20,22,26,28,41H,9-10,15,18H2,1-8H3,(H,38,43)(H,40,46);10-13,15-17,19-20,24,26,35H,8-9,14H2,1-7H3,(H,32,37)(H,34,40);3-8H,1-2H3/b14-13+;;/t22-,26-,28-;19-,20+,24?,26-;/m00./s1. The fraction of sp³-hybridized carbons (Fsp3) is 0.457. The van der Waals surface area contributed by atoms with Crippen LogP contribution in [0.1, 0.15) is 193 Å². The number of hydrogen-bond acceptors (Lipinski definition) is 21.